The maximum atomic E-state index is 4.43. The molecule has 0 bridgehead atoms. The second kappa shape index (κ2) is 6.41. The normalized spacial score (nSPS) is 12.4. The number of benzene rings is 4. The van der Waals surface area contributed by atoms with E-state index in [0.29, 0.717) is 0 Å². The Hall–Kier alpha value is -3.38. The van der Waals surface area contributed by atoms with Crippen LogP contribution in [0.3, 0.4) is 0 Å². The standard InChI is InChI=1S/C27H20/c1-19-23-15-9-8-14-22(23)18-26-24(19)16-17-25(20-10-4-2-5-11-20)27(26)21-12-6-3-7-13-21/h2-17H,1,18H2. The van der Waals surface area contributed by atoms with E-state index in [0.717, 1.165) is 12.0 Å². The van der Waals surface area contributed by atoms with Crippen LogP contribution in [-0.2, 0) is 6.42 Å². The number of rotatable bonds is 2. The molecular formula is C27H20. The lowest BCUT2D eigenvalue weighted by Crippen LogP contribution is -2.08. The van der Waals surface area contributed by atoms with Crippen molar-refractivity contribution in [2.45, 2.75) is 6.42 Å². The van der Waals surface area contributed by atoms with Gasteiger partial charge < -0.3 is 0 Å². The summed E-state index contributed by atoms with van der Waals surface area (Å²) in [6.07, 6.45) is 0.940. The first-order valence-electron chi connectivity index (χ1n) is 9.37. The third kappa shape index (κ3) is 2.62. The van der Waals surface area contributed by atoms with Crippen LogP contribution in [0.25, 0.3) is 27.8 Å². The molecule has 1 aliphatic rings. The van der Waals surface area contributed by atoms with Gasteiger partial charge in [0.25, 0.3) is 0 Å². The van der Waals surface area contributed by atoms with Crippen molar-refractivity contribution in [2.75, 3.05) is 0 Å². The molecule has 0 nitrogen and oxygen atoms in total. The molecule has 0 heterocycles. The van der Waals surface area contributed by atoms with E-state index in [1.807, 2.05) is 0 Å². The predicted octanol–water partition coefficient (Wildman–Crippen LogP) is 6.99. The topological polar surface area (TPSA) is 0 Å². The smallest absolute Gasteiger partial charge is 0.000706 e. The van der Waals surface area contributed by atoms with E-state index in [4.69, 9.17) is 0 Å². The van der Waals surface area contributed by atoms with E-state index < -0.39 is 0 Å². The van der Waals surface area contributed by atoms with E-state index in [-0.39, 0.29) is 0 Å². The maximum Gasteiger partial charge on any atom is -0.000706 e. The molecule has 0 N–H and O–H groups in total. The van der Waals surface area contributed by atoms with E-state index in [1.165, 1.54) is 44.5 Å². The summed E-state index contributed by atoms with van der Waals surface area (Å²) >= 11 is 0. The van der Waals surface area contributed by atoms with Gasteiger partial charge in [-0.15, -0.1) is 0 Å². The molecule has 0 atom stereocenters. The molecule has 0 unspecified atom stereocenters. The summed E-state index contributed by atoms with van der Waals surface area (Å²) in [4.78, 5) is 0. The number of hydrogen-bond donors (Lipinski definition) is 0. The Morgan fingerprint density at radius 2 is 1.11 bits per heavy atom. The zero-order valence-corrected chi connectivity index (χ0v) is 15.2. The predicted molar refractivity (Wildman–Crippen MR) is 115 cm³/mol. The van der Waals surface area contributed by atoms with Crippen molar-refractivity contribution in [3.63, 3.8) is 0 Å². The van der Waals surface area contributed by atoms with E-state index in [2.05, 4.69) is 104 Å². The molecule has 128 valence electrons. The largest absolute Gasteiger partial charge is 0.0905 e. The van der Waals surface area contributed by atoms with Gasteiger partial charge in [-0.25, -0.2) is 0 Å². The van der Waals surface area contributed by atoms with Crippen LogP contribution in [0, 0.1) is 0 Å². The Balaban J connectivity index is 1.81. The van der Waals surface area contributed by atoms with Gasteiger partial charge in [0.1, 0.15) is 0 Å². The fraction of sp³-hybridized carbons (Fsp3) is 0.0370. The zero-order valence-electron chi connectivity index (χ0n) is 15.2. The highest BCUT2D eigenvalue weighted by atomic mass is 14.3. The average molecular weight is 344 g/mol. The fourth-order valence-corrected chi connectivity index (χ4v) is 4.21. The molecule has 0 amide bonds. The molecule has 0 aliphatic heterocycles. The third-order valence-electron chi connectivity index (χ3n) is 5.49. The molecule has 0 saturated heterocycles. The van der Waals surface area contributed by atoms with Gasteiger partial charge in [-0.3, -0.25) is 0 Å². The monoisotopic (exact) mass is 344 g/mol. The molecule has 0 aromatic heterocycles. The summed E-state index contributed by atoms with van der Waals surface area (Å²) in [5.74, 6) is 0. The van der Waals surface area contributed by atoms with E-state index in [9.17, 15) is 0 Å². The average Bonchev–Trinajstić information content (AvgIpc) is 2.74. The van der Waals surface area contributed by atoms with Crippen LogP contribution >= 0.6 is 0 Å². The lowest BCUT2D eigenvalue weighted by molar-refractivity contribution is 1.14. The van der Waals surface area contributed by atoms with Gasteiger partial charge in [-0.2, -0.15) is 0 Å². The molecule has 27 heavy (non-hydrogen) atoms. The quantitative estimate of drug-likeness (QED) is 0.324. The van der Waals surface area contributed by atoms with E-state index in [1.54, 1.807) is 0 Å². The van der Waals surface area contributed by atoms with Crippen molar-refractivity contribution in [1.82, 2.24) is 0 Å². The van der Waals surface area contributed by atoms with Gasteiger partial charge in [0.05, 0.1) is 0 Å². The maximum absolute atomic E-state index is 4.43. The molecular weight excluding hydrogens is 324 g/mol. The molecule has 4 aromatic rings. The highest BCUT2D eigenvalue weighted by Crippen LogP contribution is 2.43. The summed E-state index contributed by atoms with van der Waals surface area (Å²) in [7, 11) is 0. The molecule has 4 aromatic carbocycles. The van der Waals surface area contributed by atoms with Gasteiger partial charge >= 0.3 is 0 Å². The SMILES string of the molecule is C=C1c2ccccc2Cc2c1ccc(-c1ccccc1)c2-c1ccccc1. The highest BCUT2D eigenvalue weighted by Gasteiger charge is 2.23. The van der Waals surface area contributed by atoms with Gasteiger partial charge in [-0.1, -0.05) is 104 Å². The molecule has 1 aliphatic carbocycles. The van der Waals surface area contributed by atoms with Crippen molar-refractivity contribution >= 4 is 5.57 Å². The van der Waals surface area contributed by atoms with Crippen molar-refractivity contribution in [2.24, 2.45) is 0 Å². The molecule has 0 saturated carbocycles. The Bertz CT molecular complexity index is 1140. The Kier molecular flexibility index (Phi) is 3.76. The first-order chi connectivity index (χ1) is 13.3. The first-order valence-corrected chi connectivity index (χ1v) is 9.37. The van der Waals surface area contributed by atoms with Crippen molar-refractivity contribution in [3.05, 3.63) is 126 Å². The minimum absolute atomic E-state index is 0.940. The minimum atomic E-state index is 0.940. The highest BCUT2D eigenvalue weighted by molar-refractivity contribution is 5.94. The first kappa shape index (κ1) is 15.8. The van der Waals surface area contributed by atoms with Crippen LogP contribution in [-0.4, -0.2) is 0 Å². The number of hydrogen-bond acceptors (Lipinski definition) is 0. The summed E-state index contributed by atoms with van der Waals surface area (Å²) in [6.45, 7) is 4.43. The second-order valence-corrected chi connectivity index (χ2v) is 7.06. The van der Waals surface area contributed by atoms with Crippen LogP contribution in [0.15, 0.2) is 104 Å². The van der Waals surface area contributed by atoms with Crippen molar-refractivity contribution < 1.29 is 0 Å². The Morgan fingerprint density at radius 3 is 1.85 bits per heavy atom. The fourth-order valence-electron chi connectivity index (χ4n) is 4.21. The molecule has 0 radical (unpaired) electrons. The summed E-state index contributed by atoms with van der Waals surface area (Å²) < 4.78 is 0. The lowest BCUT2D eigenvalue weighted by Gasteiger charge is -2.26. The van der Waals surface area contributed by atoms with Crippen LogP contribution in [0.5, 0.6) is 0 Å². The van der Waals surface area contributed by atoms with Crippen LogP contribution < -0.4 is 0 Å². The van der Waals surface area contributed by atoms with Crippen LogP contribution in [0.2, 0.25) is 0 Å². The summed E-state index contributed by atoms with van der Waals surface area (Å²) in [5, 5.41) is 0. The molecule has 0 spiro atoms. The molecule has 5 rings (SSSR count). The van der Waals surface area contributed by atoms with Crippen LogP contribution in [0.1, 0.15) is 22.3 Å². The van der Waals surface area contributed by atoms with E-state index >= 15 is 0 Å². The Morgan fingerprint density at radius 1 is 0.519 bits per heavy atom. The Labute approximate surface area is 160 Å². The third-order valence-corrected chi connectivity index (χ3v) is 5.49. The minimum Gasteiger partial charge on any atom is -0.0905 e. The van der Waals surface area contributed by atoms with Crippen molar-refractivity contribution in [1.29, 1.82) is 0 Å². The lowest BCUT2D eigenvalue weighted by atomic mass is 9.77. The molecule has 0 heteroatoms. The zero-order chi connectivity index (χ0) is 18.2. The van der Waals surface area contributed by atoms with Crippen molar-refractivity contribution in [3.8, 4) is 22.3 Å². The van der Waals surface area contributed by atoms with Gasteiger partial charge in [-0.05, 0) is 56.5 Å². The summed E-state index contributed by atoms with van der Waals surface area (Å²) in [5.41, 5.74) is 11.5. The number of fused-ring (bicyclic) bond motifs is 2. The van der Waals surface area contributed by atoms with Gasteiger partial charge in [0.15, 0.2) is 0 Å². The van der Waals surface area contributed by atoms with Crippen LogP contribution in [0.4, 0.5) is 0 Å². The summed E-state index contributed by atoms with van der Waals surface area (Å²) in [6, 6.07) is 34.6. The second-order valence-electron chi connectivity index (χ2n) is 7.06. The van der Waals surface area contributed by atoms with Gasteiger partial charge in [0, 0.05) is 0 Å². The molecule has 0 fully saturated rings. The van der Waals surface area contributed by atoms with Gasteiger partial charge in [0.2, 0.25) is 0 Å².